The standard InChI is InChI=1S/C25H37N7O2/c1-28(2)15-20-16-32(27-26-20)17-21-14-19-8-9-31(21)18-22(19)25(33)30-12-10-29(11-13-30)23-6-4-5-7-24(23)34-3/h4-7,16,19,21-22H,8-15,17-18H2,1-3H3. The molecule has 6 rings (SSSR count). The van der Waals surface area contributed by atoms with Crippen LogP contribution in [0.2, 0.25) is 0 Å². The van der Waals surface area contributed by atoms with Crippen molar-refractivity contribution in [2.45, 2.75) is 32.0 Å². The van der Waals surface area contributed by atoms with E-state index in [1.165, 1.54) is 0 Å². The van der Waals surface area contributed by atoms with E-state index in [0.29, 0.717) is 17.9 Å². The summed E-state index contributed by atoms with van der Waals surface area (Å²) in [5, 5.41) is 8.65. The van der Waals surface area contributed by atoms with Crippen molar-refractivity contribution < 1.29 is 9.53 Å². The fraction of sp³-hybridized carbons (Fsp3) is 0.640. The van der Waals surface area contributed by atoms with Gasteiger partial charge in [-0.3, -0.25) is 14.4 Å². The third-order valence-corrected chi connectivity index (χ3v) is 7.68. The summed E-state index contributed by atoms with van der Waals surface area (Å²) in [6.07, 6.45) is 4.25. The fourth-order valence-corrected chi connectivity index (χ4v) is 5.94. The predicted molar refractivity (Wildman–Crippen MR) is 131 cm³/mol. The number of para-hydroxylation sites is 2. The molecule has 0 spiro atoms. The molecule has 4 aliphatic heterocycles. The maximum Gasteiger partial charge on any atom is 0.227 e. The molecule has 0 radical (unpaired) electrons. The minimum absolute atomic E-state index is 0.128. The highest BCUT2D eigenvalue weighted by molar-refractivity contribution is 5.80. The Labute approximate surface area is 202 Å². The Balaban J connectivity index is 1.16. The number of carbonyl (C=O) groups is 1. The Morgan fingerprint density at radius 2 is 1.94 bits per heavy atom. The molecule has 184 valence electrons. The number of amides is 1. The zero-order valence-electron chi connectivity index (χ0n) is 20.6. The third kappa shape index (κ3) is 4.77. The summed E-state index contributed by atoms with van der Waals surface area (Å²) >= 11 is 0. The lowest BCUT2D eigenvalue weighted by molar-refractivity contribution is -0.144. The summed E-state index contributed by atoms with van der Waals surface area (Å²) in [5.74, 6) is 1.84. The highest BCUT2D eigenvalue weighted by Crippen LogP contribution is 2.38. The maximum absolute atomic E-state index is 13.5. The topological polar surface area (TPSA) is 70.0 Å². The number of hydrogen-bond donors (Lipinski definition) is 0. The van der Waals surface area contributed by atoms with Crippen molar-refractivity contribution in [1.82, 2.24) is 29.7 Å². The molecule has 4 aliphatic rings. The lowest BCUT2D eigenvalue weighted by atomic mass is 9.75. The van der Waals surface area contributed by atoms with E-state index in [2.05, 4.69) is 42.2 Å². The van der Waals surface area contributed by atoms with Crippen LogP contribution in [0.5, 0.6) is 5.75 Å². The monoisotopic (exact) mass is 467 g/mol. The van der Waals surface area contributed by atoms with E-state index in [9.17, 15) is 4.79 Å². The number of aromatic nitrogens is 3. The van der Waals surface area contributed by atoms with Crippen molar-refractivity contribution in [1.29, 1.82) is 0 Å². The quantitative estimate of drug-likeness (QED) is 0.610. The number of ether oxygens (including phenoxy) is 1. The first-order valence-electron chi connectivity index (χ1n) is 12.5. The normalized spacial score (nSPS) is 26.8. The Bertz CT molecular complexity index is 985. The number of carbonyl (C=O) groups excluding carboxylic acids is 1. The summed E-state index contributed by atoms with van der Waals surface area (Å²) in [6, 6.07) is 8.58. The van der Waals surface area contributed by atoms with E-state index >= 15 is 0 Å². The summed E-state index contributed by atoms with van der Waals surface area (Å²) in [4.78, 5) is 22.5. The molecule has 9 heteroatoms. The molecule has 34 heavy (non-hydrogen) atoms. The predicted octanol–water partition coefficient (Wildman–Crippen LogP) is 1.41. The molecule has 2 aromatic rings. The van der Waals surface area contributed by atoms with Crippen LogP contribution < -0.4 is 9.64 Å². The van der Waals surface area contributed by atoms with Crippen LogP contribution in [0.3, 0.4) is 0 Å². The molecule has 4 fully saturated rings. The molecule has 4 atom stereocenters. The Morgan fingerprint density at radius 1 is 1.15 bits per heavy atom. The molecule has 0 aliphatic carbocycles. The number of hydrogen-bond acceptors (Lipinski definition) is 7. The van der Waals surface area contributed by atoms with E-state index in [-0.39, 0.29) is 5.92 Å². The SMILES string of the molecule is COc1ccccc1N1CCN(C(=O)C2CN3CCC2CC3Cn2cc(CN(C)C)nn2)CC1. The van der Waals surface area contributed by atoms with Crippen LogP contribution in [-0.4, -0.2) is 102 Å². The molecule has 0 N–H and O–H groups in total. The Morgan fingerprint density at radius 3 is 2.65 bits per heavy atom. The van der Waals surface area contributed by atoms with Crippen LogP contribution in [0.1, 0.15) is 18.5 Å². The lowest BCUT2D eigenvalue weighted by Crippen LogP contribution is -2.60. The third-order valence-electron chi connectivity index (χ3n) is 7.68. The van der Waals surface area contributed by atoms with Crippen molar-refractivity contribution in [2.75, 3.05) is 65.4 Å². The Hall–Kier alpha value is -2.65. The van der Waals surface area contributed by atoms with Gasteiger partial charge in [0.15, 0.2) is 0 Å². The molecular formula is C25H37N7O2. The van der Waals surface area contributed by atoms with Crippen molar-refractivity contribution in [2.24, 2.45) is 11.8 Å². The largest absolute Gasteiger partial charge is 0.495 e. The van der Waals surface area contributed by atoms with E-state index in [1.807, 2.05) is 37.0 Å². The van der Waals surface area contributed by atoms with Gasteiger partial charge in [-0.25, -0.2) is 0 Å². The molecule has 4 saturated heterocycles. The van der Waals surface area contributed by atoms with Crippen LogP contribution in [0.25, 0.3) is 0 Å². The summed E-state index contributed by atoms with van der Waals surface area (Å²) in [6.45, 7) is 6.86. The average molecular weight is 468 g/mol. The number of piperidine rings is 3. The number of piperazine rings is 1. The number of nitrogens with zero attached hydrogens (tertiary/aromatic N) is 7. The lowest BCUT2D eigenvalue weighted by Gasteiger charge is -2.50. The minimum Gasteiger partial charge on any atom is -0.495 e. The maximum atomic E-state index is 13.5. The molecule has 4 unspecified atom stereocenters. The van der Waals surface area contributed by atoms with E-state index in [4.69, 9.17) is 4.74 Å². The summed E-state index contributed by atoms with van der Waals surface area (Å²) in [7, 11) is 5.80. The highest BCUT2D eigenvalue weighted by Gasteiger charge is 2.44. The molecule has 2 bridgehead atoms. The number of benzene rings is 1. The minimum atomic E-state index is 0.128. The van der Waals surface area contributed by atoms with Crippen LogP contribution in [-0.2, 0) is 17.9 Å². The van der Waals surface area contributed by atoms with Crippen molar-refractivity contribution in [3.8, 4) is 5.75 Å². The van der Waals surface area contributed by atoms with Crippen LogP contribution >= 0.6 is 0 Å². The smallest absolute Gasteiger partial charge is 0.227 e. The van der Waals surface area contributed by atoms with Gasteiger partial charge in [0.25, 0.3) is 0 Å². The second kappa shape index (κ2) is 9.92. The van der Waals surface area contributed by atoms with Crippen LogP contribution in [0, 0.1) is 11.8 Å². The van der Waals surface area contributed by atoms with E-state index < -0.39 is 0 Å². The molecular weight excluding hydrogens is 430 g/mol. The van der Waals surface area contributed by atoms with E-state index in [0.717, 1.165) is 82.3 Å². The van der Waals surface area contributed by atoms with E-state index in [1.54, 1.807) is 7.11 Å². The number of fused-ring (bicyclic) bond motifs is 3. The van der Waals surface area contributed by atoms with Crippen molar-refractivity contribution >= 4 is 11.6 Å². The van der Waals surface area contributed by atoms with Gasteiger partial charge in [-0.2, -0.15) is 0 Å². The first-order valence-corrected chi connectivity index (χ1v) is 12.5. The zero-order chi connectivity index (χ0) is 23.7. The van der Waals surface area contributed by atoms with Crippen LogP contribution in [0.4, 0.5) is 5.69 Å². The van der Waals surface area contributed by atoms with Gasteiger partial charge >= 0.3 is 0 Å². The highest BCUT2D eigenvalue weighted by atomic mass is 16.5. The van der Waals surface area contributed by atoms with Crippen molar-refractivity contribution in [3.05, 3.63) is 36.2 Å². The zero-order valence-corrected chi connectivity index (χ0v) is 20.6. The first-order chi connectivity index (χ1) is 16.5. The number of methoxy groups -OCH3 is 1. The summed E-state index contributed by atoms with van der Waals surface area (Å²) in [5.41, 5.74) is 2.12. The van der Waals surface area contributed by atoms with Gasteiger partial charge in [-0.05, 0) is 51.5 Å². The molecule has 9 nitrogen and oxygen atoms in total. The van der Waals surface area contributed by atoms with Gasteiger partial charge in [0.1, 0.15) is 5.75 Å². The van der Waals surface area contributed by atoms with Gasteiger partial charge in [-0.15, -0.1) is 5.10 Å². The fourth-order valence-electron chi connectivity index (χ4n) is 5.94. The number of anilines is 1. The van der Waals surface area contributed by atoms with Gasteiger partial charge < -0.3 is 19.4 Å². The summed E-state index contributed by atoms with van der Waals surface area (Å²) < 4.78 is 7.52. The second-order valence-corrected chi connectivity index (χ2v) is 10.2. The second-order valence-electron chi connectivity index (χ2n) is 10.2. The van der Waals surface area contributed by atoms with Crippen LogP contribution in [0.15, 0.2) is 30.5 Å². The van der Waals surface area contributed by atoms with Gasteiger partial charge in [-0.1, -0.05) is 17.3 Å². The van der Waals surface area contributed by atoms with Gasteiger partial charge in [0.2, 0.25) is 5.91 Å². The first kappa shape index (κ1) is 23.1. The molecule has 1 aromatic heterocycles. The molecule has 5 heterocycles. The molecule has 0 saturated carbocycles. The van der Waals surface area contributed by atoms with Crippen molar-refractivity contribution in [3.63, 3.8) is 0 Å². The van der Waals surface area contributed by atoms with Gasteiger partial charge in [0, 0.05) is 51.5 Å². The Kier molecular flexibility index (Phi) is 6.74. The molecule has 1 aromatic carbocycles. The van der Waals surface area contributed by atoms with Gasteiger partial charge in [0.05, 0.1) is 31.0 Å². The molecule has 1 amide bonds. The average Bonchev–Trinajstić information content (AvgIpc) is 3.30. The number of rotatable bonds is 7.